The van der Waals surface area contributed by atoms with Crippen molar-refractivity contribution in [2.75, 3.05) is 5.32 Å². The summed E-state index contributed by atoms with van der Waals surface area (Å²) in [6.07, 6.45) is 1.78. The number of rotatable bonds is 4. The largest absolute Gasteiger partial charge is 0.478 e. The topological polar surface area (TPSA) is 75.6 Å². The van der Waals surface area contributed by atoms with Gasteiger partial charge in [0.2, 0.25) is 0 Å². The molecule has 0 heterocycles. The van der Waals surface area contributed by atoms with E-state index in [0.717, 1.165) is 11.6 Å². The molecule has 5 heteroatoms. The predicted octanol–water partition coefficient (Wildman–Crippen LogP) is 3.05. The van der Waals surface area contributed by atoms with Crippen molar-refractivity contribution in [3.63, 3.8) is 0 Å². The number of anilines is 1. The molecular weight excluding hydrogens is 246 g/mol. The number of aryl methyl sites for hydroxylation is 1. The second kappa shape index (κ2) is 6.58. The molecule has 0 unspecified atom stereocenters. The van der Waals surface area contributed by atoms with Crippen LogP contribution in [-0.4, -0.2) is 23.3 Å². The molecule has 0 fully saturated rings. The van der Waals surface area contributed by atoms with Gasteiger partial charge in [-0.15, -0.1) is 0 Å². The molecule has 0 radical (unpaired) electrons. The van der Waals surface area contributed by atoms with Crippen molar-refractivity contribution < 1.29 is 19.4 Å². The molecule has 0 atom stereocenters. The van der Waals surface area contributed by atoms with Crippen LogP contribution in [0.5, 0.6) is 0 Å². The molecule has 1 rings (SSSR count). The number of carboxylic acid groups (broad SMARTS) is 1. The Morgan fingerprint density at radius 3 is 2.58 bits per heavy atom. The van der Waals surface area contributed by atoms with Crippen LogP contribution in [0.1, 0.15) is 25.0 Å². The van der Waals surface area contributed by atoms with Crippen LogP contribution < -0.4 is 5.32 Å². The van der Waals surface area contributed by atoms with E-state index in [0.29, 0.717) is 11.3 Å². The number of benzene rings is 1. The van der Waals surface area contributed by atoms with Crippen molar-refractivity contribution >= 4 is 23.8 Å². The highest BCUT2D eigenvalue weighted by Crippen LogP contribution is 2.16. The number of nitrogens with one attached hydrogen (secondary N) is 1. The Labute approximate surface area is 111 Å². The number of carbonyl (C=O) groups excluding carboxylic acids is 1. The summed E-state index contributed by atoms with van der Waals surface area (Å²) in [7, 11) is 0. The van der Waals surface area contributed by atoms with Gasteiger partial charge < -0.3 is 9.84 Å². The SMILES string of the molecule is Cc1cc(/C=C/C(=O)O)cc(NC(=O)OC(C)C)c1. The Kier molecular flexibility index (Phi) is 5.11. The van der Waals surface area contributed by atoms with Crippen LogP contribution in [0.3, 0.4) is 0 Å². The maximum Gasteiger partial charge on any atom is 0.411 e. The lowest BCUT2D eigenvalue weighted by Gasteiger charge is -2.10. The first-order valence-electron chi connectivity index (χ1n) is 5.87. The van der Waals surface area contributed by atoms with Gasteiger partial charge in [0.25, 0.3) is 0 Å². The number of aliphatic carboxylic acids is 1. The van der Waals surface area contributed by atoms with Crippen molar-refractivity contribution in [1.29, 1.82) is 0 Å². The van der Waals surface area contributed by atoms with E-state index < -0.39 is 12.1 Å². The van der Waals surface area contributed by atoms with Gasteiger partial charge in [0.05, 0.1) is 6.10 Å². The van der Waals surface area contributed by atoms with Crippen LogP contribution in [0, 0.1) is 6.92 Å². The minimum absolute atomic E-state index is 0.198. The van der Waals surface area contributed by atoms with Crippen LogP contribution in [0.25, 0.3) is 6.08 Å². The van der Waals surface area contributed by atoms with E-state index in [1.165, 1.54) is 6.08 Å². The third kappa shape index (κ3) is 5.72. The fourth-order valence-corrected chi connectivity index (χ4v) is 1.51. The number of carbonyl (C=O) groups is 2. The second-order valence-electron chi connectivity index (χ2n) is 4.38. The summed E-state index contributed by atoms with van der Waals surface area (Å²) in [4.78, 5) is 21.9. The molecule has 1 aromatic carbocycles. The number of ether oxygens (including phenoxy) is 1. The van der Waals surface area contributed by atoms with Crippen molar-refractivity contribution in [1.82, 2.24) is 0 Å². The van der Waals surface area contributed by atoms with Crippen LogP contribution in [-0.2, 0) is 9.53 Å². The highest BCUT2D eigenvalue weighted by Gasteiger charge is 2.06. The minimum atomic E-state index is -1.02. The summed E-state index contributed by atoms with van der Waals surface area (Å²) in [6.45, 7) is 5.38. The molecule has 102 valence electrons. The third-order valence-electron chi connectivity index (χ3n) is 2.11. The zero-order valence-electron chi connectivity index (χ0n) is 11.1. The summed E-state index contributed by atoms with van der Waals surface area (Å²) < 4.78 is 4.97. The molecule has 0 aromatic heterocycles. The first-order valence-corrected chi connectivity index (χ1v) is 5.87. The van der Waals surface area contributed by atoms with Gasteiger partial charge >= 0.3 is 12.1 Å². The third-order valence-corrected chi connectivity index (χ3v) is 2.11. The van der Waals surface area contributed by atoms with E-state index in [4.69, 9.17) is 9.84 Å². The number of carboxylic acids is 1. The van der Waals surface area contributed by atoms with Crippen LogP contribution in [0.2, 0.25) is 0 Å². The average molecular weight is 263 g/mol. The maximum atomic E-state index is 11.5. The number of hydrogen-bond donors (Lipinski definition) is 2. The quantitative estimate of drug-likeness (QED) is 0.818. The standard InChI is InChI=1S/C14H17NO4/c1-9(2)19-14(18)15-12-7-10(3)6-11(8-12)4-5-13(16)17/h4-9H,1-3H3,(H,15,18)(H,16,17)/b5-4+. The average Bonchev–Trinajstić information content (AvgIpc) is 2.24. The number of hydrogen-bond acceptors (Lipinski definition) is 3. The molecular formula is C14H17NO4. The molecule has 0 saturated heterocycles. The summed E-state index contributed by atoms with van der Waals surface area (Å²) in [6, 6.07) is 5.27. The molecule has 1 aromatic rings. The molecule has 0 bridgehead atoms. The van der Waals surface area contributed by atoms with Crippen molar-refractivity contribution in [3.8, 4) is 0 Å². The van der Waals surface area contributed by atoms with Gasteiger partial charge in [0.1, 0.15) is 0 Å². The fourth-order valence-electron chi connectivity index (χ4n) is 1.51. The Hall–Kier alpha value is -2.30. The molecule has 0 aliphatic carbocycles. The molecule has 5 nitrogen and oxygen atoms in total. The Morgan fingerprint density at radius 2 is 2.00 bits per heavy atom. The molecule has 0 spiro atoms. The lowest BCUT2D eigenvalue weighted by Crippen LogP contribution is -2.18. The lowest BCUT2D eigenvalue weighted by molar-refractivity contribution is -0.131. The lowest BCUT2D eigenvalue weighted by atomic mass is 10.1. The van der Waals surface area contributed by atoms with Gasteiger partial charge in [-0.25, -0.2) is 9.59 Å². The first kappa shape index (κ1) is 14.8. The highest BCUT2D eigenvalue weighted by molar-refractivity contribution is 5.87. The van der Waals surface area contributed by atoms with Crippen LogP contribution in [0.15, 0.2) is 24.3 Å². The second-order valence-corrected chi connectivity index (χ2v) is 4.38. The summed E-state index contributed by atoms with van der Waals surface area (Å²) in [5.41, 5.74) is 2.17. The number of amides is 1. The monoisotopic (exact) mass is 263 g/mol. The smallest absolute Gasteiger partial charge is 0.411 e. The van der Waals surface area contributed by atoms with Crippen molar-refractivity contribution in [3.05, 3.63) is 35.4 Å². The van der Waals surface area contributed by atoms with Crippen molar-refractivity contribution in [2.45, 2.75) is 26.9 Å². The van der Waals surface area contributed by atoms with E-state index in [9.17, 15) is 9.59 Å². The zero-order chi connectivity index (χ0) is 14.4. The Balaban J connectivity index is 2.84. The molecule has 0 aliphatic rings. The summed E-state index contributed by atoms with van der Waals surface area (Å²) in [5.74, 6) is -1.02. The molecule has 19 heavy (non-hydrogen) atoms. The van der Waals surface area contributed by atoms with E-state index in [2.05, 4.69) is 5.32 Å². The predicted molar refractivity (Wildman–Crippen MR) is 73.1 cm³/mol. The van der Waals surface area contributed by atoms with E-state index in [-0.39, 0.29) is 6.10 Å². The Morgan fingerprint density at radius 1 is 1.32 bits per heavy atom. The molecule has 1 amide bonds. The summed E-state index contributed by atoms with van der Waals surface area (Å²) >= 11 is 0. The van der Waals surface area contributed by atoms with E-state index in [1.54, 1.807) is 26.0 Å². The van der Waals surface area contributed by atoms with Gasteiger partial charge in [-0.05, 0) is 50.1 Å². The van der Waals surface area contributed by atoms with E-state index >= 15 is 0 Å². The van der Waals surface area contributed by atoms with Gasteiger partial charge in [-0.1, -0.05) is 6.07 Å². The highest BCUT2D eigenvalue weighted by atomic mass is 16.6. The van der Waals surface area contributed by atoms with Gasteiger partial charge in [-0.2, -0.15) is 0 Å². The van der Waals surface area contributed by atoms with E-state index in [1.807, 2.05) is 13.0 Å². The molecule has 2 N–H and O–H groups in total. The fraction of sp³-hybridized carbons (Fsp3) is 0.286. The van der Waals surface area contributed by atoms with Gasteiger partial charge in [-0.3, -0.25) is 5.32 Å². The normalized spacial score (nSPS) is 10.7. The minimum Gasteiger partial charge on any atom is -0.478 e. The van der Waals surface area contributed by atoms with Gasteiger partial charge in [0, 0.05) is 11.8 Å². The van der Waals surface area contributed by atoms with Crippen LogP contribution in [0.4, 0.5) is 10.5 Å². The van der Waals surface area contributed by atoms with Crippen LogP contribution >= 0.6 is 0 Å². The van der Waals surface area contributed by atoms with Gasteiger partial charge in [0.15, 0.2) is 0 Å². The molecule has 0 saturated carbocycles. The van der Waals surface area contributed by atoms with Crippen molar-refractivity contribution in [2.24, 2.45) is 0 Å². The zero-order valence-corrected chi connectivity index (χ0v) is 11.1. The Bertz CT molecular complexity index is 506. The maximum absolute atomic E-state index is 11.5. The summed E-state index contributed by atoms with van der Waals surface area (Å²) in [5, 5.41) is 11.2. The first-order chi connectivity index (χ1) is 8.86. The molecule has 0 aliphatic heterocycles.